The molecule has 0 spiro atoms. The van der Waals surface area contributed by atoms with Crippen molar-refractivity contribution in [2.75, 3.05) is 16.8 Å². The maximum absolute atomic E-state index is 12.8. The highest BCUT2D eigenvalue weighted by Gasteiger charge is 2.44. The smallest absolute Gasteiger partial charge is 0.244 e. The summed E-state index contributed by atoms with van der Waals surface area (Å²) in [5.41, 5.74) is 3.80. The Labute approximate surface area is 152 Å². The predicted molar refractivity (Wildman–Crippen MR) is 101 cm³/mol. The molecule has 0 aromatic heterocycles. The average molecular weight is 357 g/mol. The fourth-order valence-electron chi connectivity index (χ4n) is 3.25. The molecule has 25 heavy (non-hydrogen) atoms. The molecule has 3 rings (SSSR count). The van der Waals surface area contributed by atoms with Gasteiger partial charge in [0.15, 0.2) is 0 Å². The van der Waals surface area contributed by atoms with E-state index >= 15 is 0 Å². The van der Waals surface area contributed by atoms with Gasteiger partial charge in [-0.15, -0.1) is 0 Å². The molecule has 2 aromatic carbocycles. The zero-order valence-corrected chi connectivity index (χ0v) is 15.6. The van der Waals surface area contributed by atoms with E-state index in [1.54, 1.807) is 18.2 Å². The molecule has 0 unspecified atom stereocenters. The Balaban J connectivity index is 1.83. The van der Waals surface area contributed by atoms with E-state index in [1.807, 2.05) is 45.9 Å². The number of nitrogens with one attached hydrogen (secondary N) is 1. The molecule has 1 N–H and O–H groups in total. The van der Waals surface area contributed by atoms with Gasteiger partial charge in [0.05, 0.1) is 5.41 Å². The van der Waals surface area contributed by atoms with Crippen LogP contribution in [0, 0.1) is 13.8 Å². The minimum Gasteiger partial charge on any atom is -0.324 e. The number of carbonyl (C=O) groups is 2. The fraction of sp³-hybridized carbons (Fsp3) is 0.300. The Hall–Kier alpha value is -2.33. The van der Waals surface area contributed by atoms with Gasteiger partial charge in [0.2, 0.25) is 11.8 Å². The summed E-state index contributed by atoms with van der Waals surface area (Å²) in [7, 11) is 0. The van der Waals surface area contributed by atoms with Crippen molar-refractivity contribution >= 4 is 34.8 Å². The number of halogens is 1. The Morgan fingerprint density at radius 3 is 2.56 bits per heavy atom. The summed E-state index contributed by atoms with van der Waals surface area (Å²) < 4.78 is 0. The maximum Gasteiger partial charge on any atom is 0.244 e. The third kappa shape index (κ3) is 3.14. The molecule has 0 atom stereocenters. The molecule has 0 fully saturated rings. The number of nitrogens with zero attached hydrogens (tertiary/aromatic N) is 1. The molecular weight excluding hydrogens is 336 g/mol. The van der Waals surface area contributed by atoms with Crippen molar-refractivity contribution < 1.29 is 9.59 Å². The van der Waals surface area contributed by atoms with Crippen LogP contribution in [-0.2, 0) is 15.0 Å². The van der Waals surface area contributed by atoms with E-state index in [0.717, 1.165) is 28.1 Å². The summed E-state index contributed by atoms with van der Waals surface area (Å²) in [6.45, 7) is 7.64. The number of carbonyl (C=O) groups excluding carboxylic acids is 2. The quantitative estimate of drug-likeness (QED) is 0.895. The van der Waals surface area contributed by atoms with Gasteiger partial charge in [-0.25, -0.2) is 0 Å². The monoisotopic (exact) mass is 356 g/mol. The van der Waals surface area contributed by atoms with Crippen molar-refractivity contribution in [2.24, 2.45) is 0 Å². The number of benzene rings is 2. The molecule has 1 aliphatic heterocycles. The first-order valence-corrected chi connectivity index (χ1v) is 8.57. The number of fused-ring (bicyclic) bond motifs is 1. The van der Waals surface area contributed by atoms with Gasteiger partial charge in [-0.2, -0.15) is 0 Å². The van der Waals surface area contributed by atoms with E-state index < -0.39 is 5.41 Å². The van der Waals surface area contributed by atoms with E-state index in [4.69, 9.17) is 11.6 Å². The van der Waals surface area contributed by atoms with Crippen molar-refractivity contribution in [2.45, 2.75) is 33.1 Å². The number of amides is 2. The van der Waals surface area contributed by atoms with Crippen LogP contribution in [-0.4, -0.2) is 18.4 Å². The highest BCUT2D eigenvalue weighted by molar-refractivity contribution is 6.31. The molecule has 4 nitrogen and oxygen atoms in total. The zero-order valence-electron chi connectivity index (χ0n) is 14.8. The molecule has 0 aliphatic carbocycles. The van der Waals surface area contributed by atoms with E-state index in [2.05, 4.69) is 5.32 Å². The summed E-state index contributed by atoms with van der Waals surface area (Å²) in [6, 6.07) is 11.2. The van der Waals surface area contributed by atoms with Crippen LogP contribution < -0.4 is 10.2 Å². The van der Waals surface area contributed by atoms with E-state index in [9.17, 15) is 9.59 Å². The minimum atomic E-state index is -0.694. The van der Waals surface area contributed by atoms with Crippen LogP contribution in [0.3, 0.4) is 0 Å². The molecular formula is C20H21ClN2O2. The summed E-state index contributed by atoms with van der Waals surface area (Å²) in [6.07, 6.45) is 0. The van der Waals surface area contributed by atoms with Crippen LogP contribution in [0.15, 0.2) is 36.4 Å². The van der Waals surface area contributed by atoms with Crippen LogP contribution in [0.2, 0.25) is 5.02 Å². The van der Waals surface area contributed by atoms with Gasteiger partial charge in [0.25, 0.3) is 0 Å². The van der Waals surface area contributed by atoms with Gasteiger partial charge in [0, 0.05) is 16.4 Å². The molecule has 2 aromatic rings. The third-order valence-corrected chi connectivity index (χ3v) is 4.90. The second kappa shape index (κ2) is 6.19. The lowest BCUT2D eigenvalue weighted by Gasteiger charge is -2.20. The summed E-state index contributed by atoms with van der Waals surface area (Å²) in [4.78, 5) is 26.8. The number of aryl methyl sites for hydroxylation is 2. The van der Waals surface area contributed by atoms with Crippen LogP contribution in [0.25, 0.3) is 0 Å². The standard InChI is InChI=1S/C20H21ClN2O2/c1-12-5-7-16(13(2)9-12)22-18(24)11-23-17-8-6-14(21)10-15(17)20(3,4)19(23)25/h5-10H,11H2,1-4H3,(H,22,24). The second-order valence-corrected chi connectivity index (χ2v) is 7.48. The zero-order chi connectivity index (χ0) is 18.4. The first kappa shape index (κ1) is 17.5. The summed E-state index contributed by atoms with van der Waals surface area (Å²) >= 11 is 6.08. The fourth-order valence-corrected chi connectivity index (χ4v) is 3.42. The molecule has 1 aliphatic rings. The van der Waals surface area contributed by atoms with Crippen LogP contribution >= 0.6 is 11.6 Å². The lowest BCUT2D eigenvalue weighted by molar-refractivity contribution is -0.124. The van der Waals surface area contributed by atoms with E-state index in [1.165, 1.54) is 4.90 Å². The Morgan fingerprint density at radius 2 is 1.88 bits per heavy atom. The third-order valence-electron chi connectivity index (χ3n) is 4.66. The van der Waals surface area contributed by atoms with E-state index in [-0.39, 0.29) is 18.4 Å². The van der Waals surface area contributed by atoms with E-state index in [0.29, 0.717) is 5.02 Å². The average Bonchev–Trinajstić information content (AvgIpc) is 2.71. The number of anilines is 2. The molecule has 0 bridgehead atoms. The predicted octanol–water partition coefficient (Wildman–Crippen LogP) is 4.22. The lowest BCUT2D eigenvalue weighted by Crippen LogP contribution is -2.40. The Kier molecular flexibility index (Phi) is 4.33. The SMILES string of the molecule is Cc1ccc(NC(=O)CN2C(=O)C(C)(C)c3cc(Cl)ccc32)c(C)c1. The van der Waals surface area contributed by atoms with Gasteiger partial charge in [0.1, 0.15) is 6.54 Å². The minimum absolute atomic E-state index is 0.0236. The first-order valence-electron chi connectivity index (χ1n) is 8.19. The first-order chi connectivity index (χ1) is 11.7. The highest BCUT2D eigenvalue weighted by atomic mass is 35.5. The molecule has 2 amide bonds. The molecule has 0 saturated heterocycles. The summed E-state index contributed by atoms with van der Waals surface area (Å²) in [5.74, 6) is -0.320. The Morgan fingerprint density at radius 1 is 1.16 bits per heavy atom. The number of hydrogen-bond donors (Lipinski definition) is 1. The molecule has 0 radical (unpaired) electrons. The number of rotatable bonds is 3. The molecule has 130 valence electrons. The van der Waals surface area contributed by atoms with Gasteiger partial charge in [-0.05, 0) is 63.1 Å². The number of hydrogen-bond acceptors (Lipinski definition) is 2. The molecule has 5 heteroatoms. The van der Waals surface area contributed by atoms with Crippen LogP contribution in [0.5, 0.6) is 0 Å². The lowest BCUT2D eigenvalue weighted by atomic mass is 9.86. The van der Waals surface area contributed by atoms with Gasteiger partial charge in [-0.3, -0.25) is 9.59 Å². The maximum atomic E-state index is 12.8. The topological polar surface area (TPSA) is 49.4 Å². The highest BCUT2D eigenvalue weighted by Crippen LogP contribution is 2.42. The molecule has 1 heterocycles. The second-order valence-electron chi connectivity index (χ2n) is 7.04. The van der Waals surface area contributed by atoms with Crippen molar-refractivity contribution in [3.8, 4) is 0 Å². The van der Waals surface area contributed by atoms with Crippen molar-refractivity contribution in [1.82, 2.24) is 0 Å². The van der Waals surface area contributed by atoms with Crippen molar-refractivity contribution in [1.29, 1.82) is 0 Å². The van der Waals surface area contributed by atoms with Gasteiger partial charge < -0.3 is 10.2 Å². The van der Waals surface area contributed by atoms with Crippen molar-refractivity contribution in [3.05, 3.63) is 58.1 Å². The normalized spacial score (nSPS) is 15.2. The van der Waals surface area contributed by atoms with Gasteiger partial charge in [-0.1, -0.05) is 29.3 Å². The Bertz CT molecular complexity index is 874. The van der Waals surface area contributed by atoms with Gasteiger partial charge >= 0.3 is 0 Å². The largest absolute Gasteiger partial charge is 0.324 e. The summed E-state index contributed by atoms with van der Waals surface area (Å²) in [5, 5.41) is 3.48. The van der Waals surface area contributed by atoms with Crippen LogP contribution in [0.4, 0.5) is 11.4 Å². The van der Waals surface area contributed by atoms with Crippen LogP contribution in [0.1, 0.15) is 30.5 Å². The van der Waals surface area contributed by atoms with Crippen molar-refractivity contribution in [3.63, 3.8) is 0 Å². The molecule has 0 saturated carbocycles.